The van der Waals surface area contributed by atoms with Crippen LogP contribution in [0.15, 0.2) is 60.9 Å². The summed E-state index contributed by atoms with van der Waals surface area (Å²) in [6, 6.07) is 15.4. The molecule has 0 amide bonds. The van der Waals surface area contributed by atoms with E-state index in [0.29, 0.717) is 10.0 Å². The molecule has 0 radical (unpaired) electrons. The molecule has 2 aromatic carbocycles. The highest BCUT2D eigenvalue weighted by Gasteiger charge is 2.26. The molecule has 5 rings (SSSR count). The molecule has 0 aliphatic carbocycles. The lowest BCUT2D eigenvalue weighted by Crippen LogP contribution is -3.11. The first kappa shape index (κ1) is 22.7. The van der Waals surface area contributed by atoms with E-state index in [1.54, 1.807) is 0 Å². The maximum absolute atomic E-state index is 6.58. The number of rotatable bonds is 4. The Hall–Kier alpha value is -3.06. The van der Waals surface area contributed by atoms with Gasteiger partial charge in [0.05, 0.1) is 35.7 Å². The Kier molecular flexibility index (Phi) is 6.46. The number of benzene rings is 2. The van der Waals surface area contributed by atoms with Gasteiger partial charge < -0.3 is 4.90 Å². The standard InChI is InChI=1S/C26H24Cl2N6/c1-17-15-29-18(2)26(31-17)34-13-11-33(12-14-34)23-16-30-24(19-7-9-20(27)10-8-19)25(32-23)21-5-3-4-6-22(21)28/h3-10,15-16H,11-14H2,1-2H3/p+1. The minimum Gasteiger partial charge on any atom is -0.344 e. The van der Waals surface area contributed by atoms with E-state index >= 15 is 0 Å². The average Bonchev–Trinajstić information content (AvgIpc) is 2.86. The van der Waals surface area contributed by atoms with Gasteiger partial charge in [0.25, 0.3) is 0 Å². The summed E-state index contributed by atoms with van der Waals surface area (Å²) in [5.41, 5.74) is 5.29. The third-order valence-electron chi connectivity index (χ3n) is 6.11. The van der Waals surface area contributed by atoms with Crippen LogP contribution in [0.4, 0.5) is 11.6 Å². The third kappa shape index (κ3) is 4.62. The normalized spacial score (nSPS) is 14.4. The summed E-state index contributed by atoms with van der Waals surface area (Å²) in [5.74, 6) is 1.89. The Morgan fingerprint density at radius 2 is 1.56 bits per heavy atom. The fourth-order valence-electron chi connectivity index (χ4n) is 4.31. The van der Waals surface area contributed by atoms with Crippen LogP contribution in [0.1, 0.15) is 11.4 Å². The zero-order valence-corrected chi connectivity index (χ0v) is 20.6. The molecular weight excluding hydrogens is 467 g/mol. The SMILES string of the molecule is Cc1cnc(C)c([NH+]2CCN(c3cnc(-c4ccc(Cl)cc4)c(-c4ccccc4Cl)n3)CC2)n1. The number of anilines is 1. The molecule has 3 heterocycles. The highest BCUT2D eigenvalue weighted by Crippen LogP contribution is 2.35. The van der Waals surface area contributed by atoms with Crippen LogP contribution in [0.2, 0.25) is 10.0 Å². The molecule has 1 N–H and O–H groups in total. The molecule has 0 saturated carbocycles. The molecule has 1 aliphatic rings. The van der Waals surface area contributed by atoms with Gasteiger partial charge in [0, 0.05) is 22.3 Å². The molecule has 1 fully saturated rings. The summed E-state index contributed by atoms with van der Waals surface area (Å²) in [4.78, 5) is 22.8. The average molecular weight is 492 g/mol. The molecule has 1 saturated heterocycles. The highest BCUT2D eigenvalue weighted by molar-refractivity contribution is 6.33. The minimum atomic E-state index is 0.645. The molecule has 8 heteroatoms. The van der Waals surface area contributed by atoms with Gasteiger partial charge in [-0.1, -0.05) is 53.5 Å². The van der Waals surface area contributed by atoms with Gasteiger partial charge in [-0.05, 0) is 32.0 Å². The molecule has 172 valence electrons. The lowest BCUT2D eigenvalue weighted by Gasteiger charge is -2.32. The first-order valence-corrected chi connectivity index (χ1v) is 12.0. The Morgan fingerprint density at radius 1 is 0.824 bits per heavy atom. The van der Waals surface area contributed by atoms with Crippen LogP contribution in [-0.4, -0.2) is 46.1 Å². The molecular formula is C26H25Cl2N6+. The second-order valence-electron chi connectivity index (χ2n) is 8.45. The summed E-state index contributed by atoms with van der Waals surface area (Å²) in [5, 5.41) is 1.33. The van der Waals surface area contributed by atoms with Crippen molar-refractivity contribution in [2.75, 3.05) is 31.1 Å². The topological polar surface area (TPSA) is 59.2 Å². The van der Waals surface area contributed by atoms with E-state index in [-0.39, 0.29) is 0 Å². The molecule has 0 bridgehead atoms. The van der Waals surface area contributed by atoms with E-state index in [9.17, 15) is 0 Å². The van der Waals surface area contributed by atoms with E-state index in [0.717, 1.165) is 71.7 Å². The molecule has 34 heavy (non-hydrogen) atoms. The molecule has 0 atom stereocenters. The number of aryl methyl sites for hydroxylation is 2. The Bertz CT molecular complexity index is 1320. The smallest absolute Gasteiger partial charge is 0.247 e. The number of hydrogen-bond donors (Lipinski definition) is 1. The fraction of sp³-hybridized carbons (Fsp3) is 0.231. The van der Waals surface area contributed by atoms with Crippen molar-refractivity contribution in [3.63, 3.8) is 0 Å². The van der Waals surface area contributed by atoms with Crippen LogP contribution in [0.3, 0.4) is 0 Å². The van der Waals surface area contributed by atoms with E-state index < -0.39 is 0 Å². The number of quaternary nitrogens is 1. The van der Waals surface area contributed by atoms with Crippen LogP contribution in [0.25, 0.3) is 22.5 Å². The van der Waals surface area contributed by atoms with Crippen LogP contribution in [0.5, 0.6) is 0 Å². The maximum Gasteiger partial charge on any atom is 0.247 e. The van der Waals surface area contributed by atoms with Gasteiger partial charge >= 0.3 is 0 Å². The molecule has 4 aromatic rings. The predicted molar refractivity (Wildman–Crippen MR) is 137 cm³/mol. The first-order chi connectivity index (χ1) is 16.5. The number of aromatic nitrogens is 4. The van der Waals surface area contributed by atoms with Gasteiger partial charge in [-0.3, -0.25) is 14.9 Å². The fourth-order valence-corrected chi connectivity index (χ4v) is 4.66. The van der Waals surface area contributed by atoms with E-state index in [1.807, 2.05) is 74.8 Å². The Morgan fingerprint density at radius 3 is 2.29 bits per heavy atom. The first-order valence-electron chi connectivity index (χ1n) is 11.3. The monoisotopic (exact) mass is 491 g/mol. The van der Waals surface area contributed by atoms with Crippen molar-refractivity contribution in [1.29, 1.82) is 0 Å². The number of hydrogen-bond acceptors (Lipinski definition) is 5. The summed E-state index contributed by atoms with van der Waals surface area (Å²) in [6.45, 7) is 7.54. The highest BCUT2D eigenvalue weighted by atomic mass is 35.5. The quantitative estimate of drug-likeness (QED) is 0.453. The zero-order chi connectivity index (χ0) is 23.7. The predicted octanol–water partition coefficient (Wildman–Crippen LogP) is 4.56. The third-order valence-corrected chi connectivity index (χ3v) is 6.69. The summed E-state index contributed by atoms with van der Waals surface area (Å²) in [6.07, 6.45) is 3.68. The van der Waals surface area contributed by atoms with Crippen molar-refractivity contribution >= 4 is 34.8 Å². The zero-order valence-electron chi connectivity index (χ0n) is 19.1. The number of halogens is 2. The van der Waals surface area contributed by atoms with Crippen molar-refractivity contribution in [1.82, 2.24) is 19.9 Å². The summed E-state index contributed by atoms with van der Waals surface area (Å²) >= 11 is 12.7. The van der Waals surface area contributed by atoms with Crippen molar-refractivity contribution < 1.29 is 4.90 Å². The van der Waals surface area contributed by atoms with E-state index in [1.165, 1.54) is 4.90 Å². The number of nitrogens with one attached hydrogen (secondary N) is 1. The molecule has 0 spiro atoms. The van der Waals surface area contributed by atoms with Gasteiger partial charge in [-0.2, -0.15) is 4.98 Å². The number of piperazine rings is 1. The van der Waals surface area contributed by atoms with Gasteiger partial charge in [-0.25, -0.2) is 4.98 Å². The Balaban J connectivity index is 1.46. The van der Waals surface area contributed by atoms with Crippen LogP contribution >= 0.6 is 23.2 Å². The Labute approximate surface area is 209 Å². The molecule has 6 nitrogen and oxygen atoms in total. The largest absolute Gasteiger partial charge is 0.344 e. The molecule has 1 aliphatic heterocycles. The van der Waals surface area contributed by atoms with Gasteiger partial charge in [-0.15, -0.1) is 0 Å². The minimum absolute atomic E-state index is 0.645. The van der Waals surface area contributed by atoms with Crippen molar-refractivity contribution in [3.8, 4) is 22.5 Å². The van der Waals surface area contributed by atoms with Crippen LogP contribution < -0.4 is 9.80 Å². The lowest BCUT2D eigenvalue weighted by molar-refractivity contribution is -0.836. The van der Waals surface area contributed by atoms with Gasteiger partial charge in [0.1, 0.15) is 30.3 Å². The van der Waals surface area contributed by atoms with Crippen LogP contribution in [-0.2, 0) is 0 Å². The summed E-state index contributed by atoms with van der Waals surface area (Å²) < 4.78 is 0. The van der Waals surface area contributed by atoms with Crippen LogP contribution in [0, 0.1) is 13.8 Å². The lowest BCUT2D eigenvalue weighted by atomic mass is 10.0. The molecule has 2 aromatic heterocycles. The van der Waals surface area contributed by atoms with Crippen molar-refractivity contribution in [2.45, 2.75) is 13.8 Å². The number of nitrogens with zero attached hydrogens (tertiary/aromatic N) is 5. The van der Waals surface area contributed by atoms with Gasteiger partial charge in [0.2, 0.25) is 5.82 Å². The van der Waals surface area contributed by atoms with Crippen molar-refractivity contribution in [3.05, 3.63) is 82.4 Å². The molecule has 0 unspecified atom stereocenters. The van der Waals surface area contributed by atoms with E-state index in [2.05, 4.69) is 9.88 Å². The van der Waals surface area contributed by atoms with Gasteiger partial charge in [0.15, 0.2) is 0 Å². The second kappa shape index (κ2) is 9.66. The van der Waals surface area contributed by atoms with Crippen molar-refractivity contribution in [2.24, 2.45) is 0 Å². The summed E-state index contributed by atoms with van der Waals surface area (Å²) in [7, 11) is 0. The maximum atomic E-state index is 6.58. The van der Waals surface area contributed by atoms with E-state index in [4.69, 9.17) is 38.2 Å². The second-order valence-corrected chi connectivity index (χ2v) is 9.29.